The number of fused-ring (bicyclic) bond motifs is 3. The second-order valence-electron chi connectivity index (χ2n) is 3.73. The molecule has 74 valence electrons. The molecule has 2 aromatic carbocycles. The average molecular weight is 214 g/mol. The zero-order valence-corrected chi connectivity index (χ0v) is 9.21. The van der Waals surface area contributed by atoms with Crippen LogP contribution in [-0.2, 0) is 0 Å². The molecule has 0 radical (unpaired) electrons. The topological polar surface area (TPSA) is 13.1 Å². The lowest BCUT2D eigenvalue weighted by molar-refractivity contribution is 0.668. The van der Waals surface area contributed by atoms with Crippen LogP contribution >= 0.6 is 12.6 Å². The Morgan fingerprint density at radius 1 is 1.00 bits per heavy atom. The third-order valence-corrected chi connectivity index (χ3v) is 3.18. The highest BCUT2D eigenvalue weighted by molar-refractivity contribution is 7.80. The summed E-state index contributed by atoms with van der Waals surface area (Å²) in [5.74, 6) is 0. The Labute approximate surface area is 93.1 Å². The Hall–Kier alpha value is -1.41. The fourth-order valence-electron chi connectivity index (χ4n) is 1.86. The molecular weight excluding hydrogens is 204 g/mol. The molecule has 15 heavy (non-hydrogen) atoms. The van der Waals surface area contributed by atoms with Gasteiger partial charge < -0.3 is 4.42 Å². The van der Waals surface area contributed by atoms with Crippen LogP contribution in [0.15, 0.2) is 45.7 Å². The first-order valence-corrected chi connectivity index (χ1v) is 5.31. The molecule has 3 aromatic rings. The van der Waals surface area contributed by atoms with Gasteiger partial charge in [0, 0.05) is 15.7 Å². The highest BCUT2D eigenvalue weighted by Gasteiger charge is 2.07. The lowest BCUT2D eigenvalue weighted by Gasteiger charge is -1.97. The smallest absolute Gasteiger partial charge is 0.135 e. The van der Waals surface area contributed by atoms with E-state index in [9.17, 15) is 0 Å². The van der Waals surface area contributed by atoms with Gasteiger partial charge in [0.25, 0.3) is 0 Å². The molecular formula is C13H10OS. The summed E-state index contributed by atoms with van der Waals surface area (Å²) in [4.78, 5) is 1.01. The molecule has 3 rings (SSSR count). The number of hydrogen-bond donors (Lipinski definition) is 1. The Morgan fingerprint density at radius 2 is 1.80 bits per heavy atom. The van der Waals surface area contributed by atoms with E-state index in [1.54, 1.807) is 0 Å². The molecule has 1 aromatic heterocycles. The minimum atomic E-state index is 0.936. The Bertz CT molecular complexity index is 652. The average Bonchev–Trinajstić information content (AvgIpc) is 2.57. The van der Waals surface area contributed by atoms with Crippen molar-refractivity contribution in [1.29, 1.82) is 0 Å². The molecule has 0 spiro atoms. The van der Waals surface area contributed by atoms with Gasteiger partial charge in [0.05, 0.1) is 0 Å². The van der Waals surface area contributed by atoms with Crippen LogP contribution in [0.5, 0.6) is 0 Å². The van der Waals surface area contributed by atoms with Crippen molar-refractivity contribution < 1.29 is 4.42 Å². The minimum absolute atomic E-state index is 0.936. The molecule has 0 saturated carbocycles. The second kappa shape index (κ2) is 3.04. The predicted molar refractivity (Wildman–Crippen MR) is 65.7 cm³/mol. The van der Waals surface area contributed by atoms with Crippen LogP contribution in [0.4, 0.5) is 0 Å². The van der Waals surface area contributed by atoms with E-state index in [4.69, 9.17) is 4.42 Å². The molecule has 0 N–H and O–H groups in total. The number of hydrogen-bond acceptors (Lipinski definition) is 2. The van der Waals surface area contributed by atoms with Gasteiger partial charge in [-0.1, -0.05) is 18.2 Å². The first kappa shape index (κ1) is 8.86. The maximum absolute atomic E-state index is 5.75. The fourth-order valence-corrected chi connectivity index (χ4v) is 2.06. The van der Waals surface area contributed by atoms with Crippen LogP contribution in [0.25, 0.3) is 21.9 Å². The van der Waals surface area contributed by atoms with Gasteiger partial charge >= 0.3 is 0 Å². The lowest BCUT2D eigenvalue weighted by Crippen LogP contribution is -1.74. The first-order valence-electron chi connectivity index (χ1n) is 4.86. The van der Waals surface area contributed by atoms with Crippen molar-refractivity contribution in [2.75, 3.05) is 0 Å². The van der Waals surface area contributed by atoms with E-state index < -0.39 is 0 Å². The van der Waals surface area contributed by atoms with Gasteiger partial charge in [0.15, 0.2) is 0 Å². The van der Waals surface area contributed by atoms with Gasteiger partial charge in [-0.25, -0.2) is 0 Å². The molecule has 2 heteroatoms. The third-order valence-electron chi connectivity index (χ3n) is 2.70. The van der Waals surface area contributed by atoms with Gasteiger partial charge in [-0.15, -0.1) is 12.6 Å². The molecule has 0 bridgehead atoms. The molecule has 1 heterocycles. The normalized spacial score (nSPS) is 11.3. The van der Waals surface area contributed by atoms with Crippen molar-refractivity contribution in [2.24, 2.45) is 0 Å². The fraction of sp³-hybridized carbons (Fsp3) is 0.0769. The van der Waals surface area contributed by atoms with Crippen molar-refractivity contribution in [2.45, 2.75) is 11.8 Å². The summed E-state index contributed by atoms with van der Waals surface area (Å²) in [6, 6.07) is 12.2. The molecule has 0 unspecified atom stereocenters. The van der Waals surface area contributed by atoms with Crippen LogP contribution in [-0.4, -0.2) is 0 Å². The number of aryl methyl sites for hydroxylation is 1. The summed E-state index contributed by atoms with van der Waals surface area (Å²) >= 11 is 4.43. The summed E-state index contributed by atoms with van der Waals surface area (Å²) in [6.07, 6.45) is 0. The summed E-state index contributed by atoms with van der Waals surface area (Å²) in [5.41, 5.74) is 3.02. The highest BCUT2D eigenvalue weighted by Crippen LogP contribution is 2.31. The van der Waals surface area contributed by atoms with E-state index in [-0.39, 0.29) is 0 Å². The molecule has 0 amide bonds. The molecule has 0 fully saturated rings. The van der Waals surface area contributed by atoms with E-state index in [1.165, 1.54) is 0 Å². The van der Waals surface area contributed by atoms with Gasteiger partial charge in [-0.05, 0) is 30.7 Å². The van der Waals surface area contributed by atoms with Crippen molar-refractivity contribution in [3.8, 4) is 0 Å². The second-order valence-corrected chi connectivity index (χ2v) is 4.21. The monoisotopic (exact) mass is 214 g/mol. The Balaban J connectivity index is 2.56. The summed E-state index contributed by atoms with van der Waals surface area (Å²) in [5, 5.41) is 2.30. The zero-order chi connectivity index (χ0) is 10.4. The summed E-state index contributed by atoms with van der Waals surface area (Å²) in [6.45, 7) is 2.04. The number of para-hydroxylation sites is 1. The maximum atomic E-state index is 5.75. The molecule has 0 aliphatic heterocycles. The van der Waals surface area contributed by atoms with Crippen molar-refractivity contribution in [3.05, 3.63) is 42.0 Å². The van der Waals surface area contributed by atoms with Crippen molar-refractivity contribution in [3.63, 3.8) is 0 Å². The minimum Gasteiger partial charge on any atom is -0.456 e. The SMILES string of the molecule is Cc1cc2oc3ccccc3c2cc1S. The van der Waals surface area contributed by atoms with E-state index in [2.05, 4.69) is 24.8 Å². The summed E-state index contributed by atoms with van der Waals surface area (Å²) in [7, 11) is 0. The van der Waals surface area contributed by atoms with E-state index in [0.717, 1.165) is 32.4 Å². The van der Waals surface area contributed by atoms with Crippen LogP contribution in [0.3, 0.4) is 0 Å². The first-order chi connectivity index (χ1) is 7.25. The van der Waals surface area contributed by atoms with E-state index in [1.807, 2.05) is 31.2 Å². The lowest BCUT2D eigenvalue weighted by atomic mass is 10.1. The van der Waals surface area contributed by atoms with E-state index in [0.29, 0.717) is 0 Å². The van der Waals surface area contributed by atoms with Crippen LogP contribution < -0.4 is 0 Å². The number of benzene rings is 2. The molecule has 0 aliphatic carbocycles. The Kier molecular flexibility index (Phi) is 1.80. The van der Waals surface area contributed by atoms with E-state index >= 15 is 0 Å². The molecule has 0 saturated heterocycles. The Morgan fingerprint density at radius 3 is 2.67 bits per heavy atom. The van der Waals surface area contributed by atoms with Gasteiger partial charge in [-0.3, -0.25) is 0 Å². The summed E-state index contributed by atoms with van der Waals surface area (Å²) < 4.78 is 5.75. The largest absolute Gasteiger partial charge is 0.456 e. The molecule has 0 aliphatic rings. The molecule has 1 nitrogen and oxygen atoms in total. The van der Waals surface area contributed by atoms with Crippen molar-refractivity contribution in [1.82, 2.24) is 0 Å². The molecule has 0 atom stereocenters. The van der Waals surface area contributed by atoms with Crippen LogP contribution in [0, 0.1) is 6.92 Å². The van der Waals surface area contributed by atoms with Gasteiger partial charge in [0.2, 0.25) is 0 Å². The van der Waals surface area contributed by atoms with Crippen LogP contribution in [0.2, 0.25) is 0 Å². The van der Waals surface area contributed by atoms with Gasteiger partial charge in [0.1, 0.15) is 11.2 Å². The maximum Gasteiger partial charge on any atom is 0.135 e. The third kappa shape index (κ3) is 1.25. The van der Waals surface area contributed by atoms with Crippen molar-refractivity contribution >= 4 is 34.6 Å². The number of furan rings is 1. The van der Waals surface area contributed by atoms with Crippen LogP contribution in [0.1, 0.15) is 5.56 Å². The van der Waals surface area contributed by atoms with Gasteiger partial charge in [-0.2, -0.15) is 0 Å². The zero-order valence-electron chi connectivity index (χ0n) is 8.32. The predicted octanol–water partition coefficient (Wildman–Crippen LogP) is 4.18. The quantitative estimate of drug-likeness (QED) is 0.554. The number of thiol groups is 1. The standard InChI is InChI=1S/C13H10OS/c1-8-6-12-10(7-13(8)15)9-4-2-3-5-11(9)14-12/h2-7,15H,1H3. The highest BCUT2D eigenvalue weighted by atomic mass is 32.1. The number of rotatable bonds is 0.